The van der Waals surface area contributed by atoms with Crippen LogP contribution in [0.3, 0.4) is 0 Å². The molecule has 0 radical (unpaired) electrons. The number of carbonyl (C=O) groups excluding carboxylic acids is 3. The maximum Gasteiger partial charge on any atom is 0.257 e. The van der Waals surface area contributed by atoms with Crippen molar-refractivity contribution in [1.82, 2.24) is 9.88 Å². The number of ether oxygens (including phenoxy) is 2. The van der Waals surface area contributed by atoms with E-state index in [1.54, 1.807) is 54.0 Å². The normalized spacial score (nSPS) is 15.2. The summed E-state index contributed by atoms with van der Waals surface area (Å²) in [5, 5.41) is 5.01. The number of carbonyl (C=O) groups is 3. The summed E-state index contributed by atoms with van der Waals surface area (Å²) in [6, 6.07) is 11.0. The van der Waals surface area contributed by atoms with Crippen LogP contribution >= 0.6 is 11.3 Å². The van der Waals surface area contributed by atoms with E-state index in [1.807, 2.05) is 13.8 Å². The first-order valence-electron chi connectivity index (χ1n) is 11.2. The average Bonchev–Trinajstić information content (AvgIpc) is 3.51. The van der Waals surface area contributed by atoms with Crippen molar-refractivity contribution >= 4 is 34.2 Å². The minimum atomic E-state index is -0.573. The highest BCUT2D eigenvalue weighted by Gasteiger charge is 2.33. The number of anilines is 1. The molecule has 0 spiro atoms. The first kappa shape index (κ1) is 24.2. The summed E-state index contributed by atoms with van der Waals surface area (Å²) in [6.07, 6.45) is 2.84. The van der Waals surface area contributed by atoms with Crippen LogP contribution in [0.2, 0.25) is 0 Å². The number of rotatable bonds is 8. The second-order valence-corrected chi connectivity index (χ2v) is 9.23. The fourth-order valence-corrected chi connectivity index (χ4v) is 4.35. The lowest BCUT2D eigenvalue weighted by atomic mass is 10.1. The molecule has 1 aliphatic rings. The van der Waals surface area contributed by atoms with Crippen molar-refractivity contribution in [1.29, 1.82) is 0 Å². The van der Waals surface area contributed by atoms with Crippen LogP contribution in [0.5, 0.6) is 17.2 Å². The molecular weight excluding hydrogens is 468 g/mol. The fraction of sp³-hybridized carbons (Fsp3) is 0.280. The number of nitrogens with one attached hydrogen (secondary N) is 1. The van der Waals surface area contributed by atoms with Crippen LogP contribution < -0.4 is 20.5 Å². The van der Waals surface area contributed by atoms with Crippen LogP contribution in [0.4, 0.5) is 5.13 Å². The van der Waals surface area contributed by atoms with Crippen LogP contribution in [0, 0.1) is 0 Å². The number of primary amides is 1. The lowest BCUT2D eigenvalue weighted by Crippen LogP contribution is -2.43. The molecule has 4 rings (SSSR count). The Morgan fingerprint density at radius 1 is 1.09 bits per heavy atom. The summed E-state index contributed by atoms with van der Waals surface area (Å²) in [6.45, 7) is 4.28. The molecule has 0 bridgehead atoms. The van der Waals surface area contributed by atoms with Crippen molar-refractivity contribution in [2.24, 2.45) is 5.73 Å². The Morgan fingerprint density at radius 3 is 2.49 bits per heavy atom. The first-order valence-corrected chi connectivity index (χ1v) is 12.1. The zero-order chi connectivity index (χ0) is 24.9. The number of thiazole rings is 1. The highest BCUT2D eigenvalue weighted by atomic mass is 32.1. The number of hydrogen-bond donors (Lipinski definition) is 2. The number of amides is 3. The van der Waals surface area contributed by atoms with E-state index < -0.39 is 11.9 Å². The average molecular weight is 495 g/mol. The van der Waals surface area contributed by atoms with Gasteiger partial charge >= 0.3 is 0 Å². The van der Waals surface area contributed by atoms with Gasteiger partial charge in [0.05, 0.1) is 6.10 Å². The summed E-state index contributed by atoms with van der Waals surface area (Å²) in [4.78, 5) is 42.8. The smallest absolute Gasteiger partial charge is 0.257 e. The Morgan fingerprint density at radius 2 is 1.83 bits per heavy atom. The predicted molar refractivity (Wildman–Crippen MR) is 132 cm³/mol. The van der Waals surface area contributed by atoms with Crippen LogP contribution in [-0.2, 0) is 4.79 Å². The molecule has 10 heteroatoms. The van der Waals surface area contributed by atoms with Gasteiger partial charge in [0.2, 0.25) is 5.91 Å². The highest BCUT2D eigenvalue weighted by molar-refractivity contribution is 7.13. The van der Waals surface area contributed by atoms with Gasteiger partial charge in [-0.2, -0.15) is 0 Å². The monoisotopic (exact) mass is 494 g/mol. The summed E-state index contributed by atoms with van der Waals surface area (Å²) in [5.74, 6) is 0.289. The maximum atomic E-state index is 12.8. The van der Waals surface area contributed by atoms with E-state index >= 15 is 0 Å². The molecule has 1 saturated heterocycles. The van der Waals surface area contributed by atoms with E-state index in [9.17, 15) is 14.4 Å². The molecule has 3 N–H and O–H groups in total. The van der Waals surface area contributed by atoms with E-state index in [-0.39, 0.29) is 17.9 Å². The van der Waals surface area contributed by atoms with Gasteiger partial charge < -0.3 is 20.1 Å². The van der Waals surface area contributed by atoms with Crippen LogP contribution in [0.15, 0.2) is 54.0 Å². The van der Waals surface area contributed by atoms with E-state index in [0.29, 0.717) is 46.5 Å². The number of aromatic nitrogens is 1. The number of likely N-dealkylation sites (tertiary alicyclic amines) is 1. The minimum Gasteiger partial charge on any atom is -0.491 e. The summed E-state index contributed by atoms with van der Waals surface area (Å²) in [5.41, 5.74) is 6.22. The molecule has 0 aliphatic carbocycles. The topological polar surface area (TPSA) is 124 Å². The largest absolute Gasteiger partial charge is 0.491 e. The van der Waals surface area contributed by atoms with Crippen molar-refractivity contribution in [2.45, 2.75) is 38.8 Å². The molecule has 1 atom stereocenters. The standard InChI is InChI=1S/C25H26N4O5S/c1-15(2)33-19-12-17(23(31)28-25-27-9-11-35-25)13-20(14-19)34-18-7-5-16(6-8-18)24(32)29-10-3-4-21(29)22(26)30/h5-9,11-15,21H,3-4,10H2,1-2H3,(H2,26,30)(H,27,28,31)/t21-/m0/s1. The fourth-order valence-electron chi connectivity index (χ4n) is 3.83. The molecule has 2 aromatic carbocycles. The van der Waals surface area contributed by atoms with Gasteiger partial charge in [0.25, 0.3) is 11.8 Å². The molecule has 1 aliphatic heterocycles. The summed E-state index contributed by atoms with van der Waals surface area (Å²) < 4.78 is 11.8. The van der Waals surface area contributed by atoms with E-state index in [2.05, 4.69) is 10.3 Å². The molecule has 182 valence electrons. The Balaban J connectivity index is 1.52. The third-order valence-electron chi connectivity index (χ3n) is 5.35. The zero-order valence-electron chi connectivity index (χ0n) is 19.4. The second kappa shape index (κ2) is 10.6. The molecule has 2 heterocycles. The molecule has 0 unspecified atom stereocenters. The van der Waals surface area contributed by atoms with E-state index in [4.69, 9.17) is 15.2 Å². The zero-order valence-corrected chi connectivity index (χ0v) is 20.2. The Hall–Kier alpha value is -3.92. The van der Waals surface area contributed by atoms with Crippen molar-refractivity contribution in [3.05, 3.63) is 65.2 Å². The van der Waals surface area contributed by atoms with Crippen LogP contribution in [0.25, 0.3) is 0 Å². The Bertz CT molecular complexity index is 1210. The highest BCUT2D eigenvalue weighted by Crippen LogP contribution is 2.29. The molecule has 9 nitrogen and oxygen atoms in total. The number of nitrogens with zero attached hydrogens (tertiary/aromatic N) is 2. The van der Waals surface area contributed by atoms with Gasteiger partial charge in [-0.15, -0.1) is 11.3 Å². The third kappa shape index (κ3) is 5.96. The van der Waals surface area contributed by atoms with Crippen LogP contribution in [0.1, 0.15) is 47.4 Å². The van der Waals surface area contributed by atoms with Crippen molar-refractivity contribution < 1.29 is 23.9 Å². The lowest BCUT2D eigenvalue weighted by Gasteiger charge is -2.22. The molecule has 3 aromatic rings. The van der Waals surface area contributed by atoms with Crippen molar-refractivity contribution in [3.63, 3.8) is 0 Å². The van der Waals surface area contributed by atoms with Gasteiger partial charge in [-0.25, -0.2) is 4.98 Å². The number of benzene rings is 2. The van der Waals surface area contributed by atoms with E-state index in [1.165, 1.54) is 16.2 Å². The van der Waals surface area contributed by atoms with Gasteiger partial charge in [0.15, 0.2) is 5.13 Å². The quantitative estimate of drug-likeness (QED) is 0.487. The maximum absolute atomic E-state index is 12.8. The molecule has 1 fully saturated rings. The molecule has 1 aromatic heterocycles. The minimum absolute atomic E-state index is 0.0970. The van der Waals surface area contributed by atoms with Crippen LogP contribution in [-0.4, -0.2) is 46.3 Å². The van der Waals surface area contributed by atoms with E-state index in [0.717, 1.165) is 6.42 Å². The Labute approximate surface area is 206 Å². The lowest BCUT2D eigenvalue weighted by molar-refractivity contribution is -0.121. The molecule has 0 saturated carbocycles. The second-order valence-electron chi connectivity index (χ2n) is 8.34. The Kier molecular flexibility index (Phi) is 7.31. The predicted octanol–water partition coefficient (Wildman–Crippen LogP) is 4.06. The van der Waals surface area contributed by atoms with Gasteiger partial charge in [-0.05, 0) is 63.1 Å². The van der Waals surface area contributed by atoms with Gasteiger partial charge in [0, 0.05) is 35.3 Å². The van der Waals surface area contributed by atoms with Gasteiger partial charge in [-0.1, -0.05) is 0 Å². The number of hydrogen-bond acceptors (Lipinski definition) is 7. The van der Waals surface area contributed by atoms with Gasteiger partial charge in [0.1, 0.15) is 23.3 Å². The molecule has 3 amide bonds. The van der Waals surface area contributed by atoms with Gasteiger partial charge in [-0.3, -0.25) is 19.7 Å². The van der Waals surface area contributed by atoms with Crippen molar-refractivity contribution in [2.75, 3.05) is 11.9 Å². The summed E-state index contributed by atoms with van der Waals surface area (Å²) in [7, 11) is 0. The third-order valence-corrected chi connectivity index (χ3v) is 6.03. The SMILES string of the molecule is CC(C)Oc1cc(Oc2ccc(C(=O)N3CCC[C@H]3C(N)=O)cc2)cc(C(=O)Nc2nccs2)c1. The number of nitrogens with two attached hydrogens (primary N) is 1. The summed E-state index contributed by atoms with van der Waals surface area (Å²) >= 11 is 1.32. The molecule has 35 heavy (non-hydrogen) atoms. The molecular formula is C25H26N4O5S. The van der Waals surface area contributed by atoms with Crippen molar-refractivity contribution in [3.8, 4) is 17.2 Å². The first-order chi connectivity index (χ1) is 16.8.